The third-order valence-electron chi connectivity index (χ3n) is 4.12. The smallest absolute Gasteiger partial charge is 0.265 e. The van der Waals surface area contributed by atoms with Gasteiger partial charge in [-0.1, -0.05) is 48.0 Å². The molecule has 6 heteroatoms. The largest absolute Gasteiger partial charge is 0.481 e. The van der Waals surface area contributed by atoms with Crippen molar-refractivity contribution in [3.05, 3.63) is 89.4 Å². The summed E-state index contributed by atoms with van der Waals surface area (Å²) in [4.78, 5) is 24.6. The van der Waals surface area contributed by atoms with Crippen molar-refractivity contribution in [2.24, 2.45) is 0 Å². The number of carbonyl (C=O) groups excluding carboxylic acids is 2. The lowest BCUT2D eigenvalue weighted by molar-refractivity contribution is -0.122. The zero-order valence-electron chi connectivity index (χ0n) is 15.9. The first-order valence-corrected chi connectivity index (χ1v) is 9.54. The first kappa shape index (κ1) is 20.4. The Balaban J connectivity index is 1.56. The van der Waals surface area contributed by atoms with Crippen LogP contribution in [0.5, 0.6) is 5.75 Å². The number of halogens is 1. The van der Waals surface area contributed by atoms with Crippen molar-refractivity contribution in [3.63, 3.8) is 0 Å². The van der Waals surface area contributed by atoms with Gasteiger partial charge >= 0.3 is 0 Å². The number of amides is 2. The van der Waals surface area contributed by atoms with Crippen molar-refractivity contribution < 1.29 is 14.3 Å². The first-order valence-electron chi connectivity index (χ1n) is 9.16. The van der Waals surface area contributed by atoms with Gasteiger partial charge in [0.1, 0.15) is 5.75 Å². The molecular weight excluding hydrogens is 388 g/mol. The van der Waals surface area contributed by atoms with Crippen LogP contribution in [0.3, 0.4) is 0 Å². The van der Waals surface area contributed by atoms with Crippen LogP contribution in [0.25, 0.3) is 0 Å². The van der Waals surface area contributed by atoms with Gasteiger partial charge in [-0.25, -0.2) is 0 Å². The predicted octanol–water partition coefficient (Wildman–Crippen LogP) is 4.93. The van der Waals surface area contributed by atoms with Crippen LogP contribution in [0.15, 0.2) is 78.9 Å². The van der Waals surface area contributed by atoms with Crippen molar-refractivity contribution in [1.29, 1.82) is 0 Å². The van der Waals surface area contributed by atoms with Crippen molar-refractivity contribution >= 4 is 34.8 Å². The summed E-state index contributed by atoms with van der Waals surface area (Å²) in [5.74, 6) is 0.130. The van der Waals surface area contributed by atoms with Gasteiger partial charge in [0.15, 0.2) is 6.10 Å². The van der Waals surface area contributed by atoms with Gasteiger partial charge in [-0.05, 0) is 55.0 Å². The number of rotatable bonds is 7. The molecule has 0 aliphatic rings. The molecule has 0 saturated carbocycles. The van der Waals surface area contributed by atoms with Crippen LogP contribution < -0.4 is 15.4 Å². The lowest BCUT2D eigenvalue weighted by atomic mass is 10.1. The lowest BCUT2D eigenvalue weighted by Gasteiger charge is -2.15. The Morgan fingerprint density at radius 3 is 2.24 bits per heavy atom. The summed E-state index contributed by atoms with van der Waals surface area (Å²) in [6.07, 6.45) is -0.420. The number of hydrogen-bond acceptors (Lipinski definition) is 3. The third kappa shape index (κ3) is 6.36. The average molecular weight is 409 g/mol. The summed E-state index contributed by atoms with van der Waals surface area (Å²) >= 11 is 5.85. The summed E-state index contributed by atoms with van der Waals surface area (Å²) in [6, 6.07) is 23.3. The van der Waals surface area contributed by atoms with Gasteiger partial charge in [0.2, 0.25) is 5.91 Å². The van der Waals surface area contributed by atoms with Crippen LogP contribution in [0.2, 0.25) is 5.02 Å². The Kier molecular flexibility index (Phi) is 6.87. The molecule has 0 aromatic heterocycles. The molecule has 2 amide bonds. The first-order chi connectivity index (χ1) is 14.0. The van der Waals surface area contributed by atoms with Gasteiger partial charge in [0, 0.05) is 16.4 Å². The summed E-state index contributed by atoms with van der Waals surface area (Å²) in [5.41, 5.74) is 2.11. The second kappa shape index (κ2) is 9.75. The molecule has 5 nitrogen and oxygen atoms in total. The van der Waals surface area contributed by atoms with E-state index < -0.39 is 6.10 Å². The van der Waals surface area contributed by atoms with Crippen molar-refractivity contribution in [3.8, 4) is 5.75 Å². The van der Waals surface area contributed by atoms with E-state index in [1.165, 1.54) is 0 Å². The number of anilines is 2. The highest BCUT2D eigenvalue weighted by atomic mass is 35.5. The van der Waals surface area contributed by atoms with Crippen LogP contribution in [0, 0.1) is 0 Å². The number of ether oxygens (including phenoxy) is 1. The molecule has 0 bridgehead atoms. The van der Waals surface area contributed by atoms with E-state index in [0.717, 1.165) is 5.56 Å². The molecule has 0 aliphatic carbocycles. The van der Waals surface area contributed by atoms with E-state index in [0.29, 0.717) is 22.1 Å². The van der Waals surface area contributed by atoms with Crippen LogP contribution >= 0.6 is 11.6 Å². The molecule has 3 aromatic carbocycles. The third-order valence-corrected chi connectivity index (χ3v) is 4.37. The van der Waals surface area contributed by atoms with Gasteiger partial charge in [0.25, 0.3) is 5.91 Å². The van der Waals surface area contributed by atoms with Gasteiger partial charge in [-0.15, -0.1) is 0 Å². The molecule has 0 saturated heterocycles. The fourth-order valence-corrected chi connectivity index (χ4v) is 2.80. The van der Waals surface area contributed by atoms with Gasteiger partial charge < -0.3 is 15.4 Å². The second-order valence-corrected chi connectivity index (χ2v) is 6.93. The predicted molar refractivity (Wildman–Crippen MR) is 115 cm³/mol. The minimum Gasteiger partial charge on any atom is -0.481 e. The quantitative estimate of drug-likeness (QED) is 0.582. The van der Waals surface area contributed by atoms with Crippen LogP contribution in [-0.2, 0) is 16.0 Å². The molecule has 0 radical (unpaired) electrons. The molecule has 1 unspecified atom stereocenters. The van der Waals surface area contributed by atoms with Gasteiger partial charge in [-0.3, -0.25) is 9.59 Å². The van der Waals surface area contributed by atoms with E-state index in [-0.39, 0.29) is 18.2 Å². The minimum atomic E-state index is -0.701. The summed E-state index contributed by atoms with van der Waals surface area (Å²) in [5, 5.41) is 6.24. The van der Waals surface area contributed by atoms with E-state index in [1.54, 1.807) is 55.5 Å². The Morgan fingerprint density at radius 2 is 1.55 bits per heavy atom. The number of benzene rings is 3. The molecule has 0 heterocycles. The van der Waals surface area contributed by atoms with Crippen LogP contribution in [-0.4, -0.2) is 17.9 Å². The van der Waals surface area contributed by atoms with E-state index in [9.17, 15) is 9.59 Å². The highest BCUT2D eigenvalue weighted by Gasteiger charge is 2.15. The Hall–Kier alpha value is -3.31. The Labute approximate surface area is 174 Å². The summed E-state index contributed by atoms with van der Waals surface area (Å²) in [7, 11) is 0. The second-order valence-electron chi connectivity index (χ2n) is 6.49. The molecular formula is C23H21ClN2O3. The maximum Gasteiger partial charge on any atom is 0.265 e. The number of carbonyl (C=O) groups is 2. The maximum absolute atomic E-state index is 12.4. The van der Waals surface area contributed by atoms with Crippen molar-refractivity contribution in [2.45, 2.75) is 19.4 Å². The van der Waals surface area contributed by atoms with E-state index in [2.05, 4.69) is 10.6 Å². The Morgan fingerprint density at radius 1 is 0.897 bits per heavy atom. The molecule has 2 N–H and O–H groups in total. The Bertz CT molecular complexity index is 975. The van der Waals surface area contributed by atoms with Crippen molar-refractivity contribution in [1.82, 2.24) is 0 Å². The molecule has 0 aliphatic heterocycles. The SMILES string of the molecule is CC(Oc1ccc(Cl)cc1)C(=O)Nc1cccc(NC(=O)Cc2ccccc2)c1. The van der Waals surface area contributed by atoms with Gasteiger partial charge in [0.05, 0.1) is 6.42 Å². The minimum absolute atomic E-state index is 0.126. The van der Waals surface area contributed by atoms with E-state index in [4.69, 9.17) is 16.3 Å². The average Bonchev–Trinajstić information content (AvgIpc) is 2.70. The lowest BCUT2D eigenvalue weighted by Crippen LogP contribution is -2.30. The molecule has 29 heavy (non-hydrogen) atoms. The molecule has 1 atom stereocenters. The molecule has 0 spiro atoms. The summed E-state index contributed by atoms with van der Waals surface area (Å²) < 4.78 is 5.62. The molecule has 3 rings (SSSR count). The molecule has 3 aromatic rings. The van der Waals surface area contributed by atoms with Crippen LogP contribution in [0.4, 0.5) is 11.4 Å². The number of nitrogens with one attached hydrogen (secondary N) is 2. The standard InChI is InChI=1S/C23H21ClN2O3/c1-16(29-21-12-10-18(24)11-13-21)23(28)26-20-9-5-8-19(15-20)25-22(27)14-17-6-3-2-4-7-17/h2-13,15-16H,14H2,1H3,(H,25,27)(H,26,28). The molecule has 0 fully saturated rings. The monoisotopic (exact) mass is 408 g/mol. The number of hydrogen-bond donors (Lipinski definition) is 2. The zero-order chi connectivity index (χ0) is 20.6. The topological polar surface area (TPSA) is 67.4 Å². The van der Waals surface area contributed by atoms with E-state index >= 15 is 0 Å². The highest BCUT2D eigenvalue weighted by molar-refractivity contribution is 6.30. The van der Waals surface area contributed by atoms with Crippen molar-refractivity contribution in [2.75, 3.05) is 10.6 Å². The fraction of sp³-hybridized carbons (Fsp3) is 0.130. The van der Waals surface area contributed by atoms with Crippen LogP contribution in [0.1, 0.15) is 12.5 Å². The molecule has 148 valence electrons. The normalized spacial score (nSPS) is 11.4. The zero-order valence-corrected chi connectivity index (χ0v) is 16.6. The fourth-order valence-electron chi connectivity index (χ4n) is 2.68. The summed E-state index contributed by atoms with van der Waals surface area (Å²) in [6.45, 7) is 1.66. The van der Waals surface area contributed by atoms with Gasteiger partial charge in [-0.2, -0.15) is 0 Å². The van der Waals surface area contributed by atoms with E-state index in [1.807, 2.05) is 30.3 Å². The highest BCUT2D eigenvalue weighted by Crippen LogP contribution is 2.19. The maximum atomic E-state index is 12.4.